The van der Waals surface area contributed by atoms with Crippen molar-refractivity contribution in [3.63, 3.8) is 0 Å². The number of halogens is 1. The van der Waals surface area contributed by atoms with Crippen molar-refractivity contribution in [2.45, 2.75) is 6.54 Å². The van der Waals surface area contributed by atoms with E-state index < -0.39 is 0 Å². The van der Waals surface area contributed by atoms with Crippen LogP contribution in [0.2, 0.25) is 0 Å². The first-order valence-electron chi connectivity index (χ1n) is 5.32. The van der Waals surface area contributed by atoms with E-state index in [2.05, 4.69) is 10.3 Å². The number of aromatic hydroxyl groups is 1. The normalized spacial score (nSPS) is 10.1. The minimum atomic E-state index is -0.373. The van der Waals surface area contributed by atoms with E-state index in [1.807, 2.05) is 0 Å². The molecule has 0 bridgehead atoms. The molecule has 1 aromatic carbocycles. The Labute approximate surface area is 103 Å². The van der Waals surface area contributed by atoms with Crippen molar-refractivity contribution in [3.8, 4) is 5.75 Å². The molecule has 0 saturated carbocycles. The minimum Gasteiger partial charge on any atom is -0.506 e. The van der Waals surface area contributed by atoms with Crippen molar-refractivity contribution in [1.29, 1.82) is 0 Å². The molecule has 0 aliphatic rings. The molecular formula is C13H11FN2O2. The Morgan fingerprint density at radius 3 is 2.89 bits per heavy atom. The zero-order valence-corrected chi connectivity index (χ0v) is 9.43. The maximum atomic E-state index is 12.9. The predicted octanol–water partition coefficient (Wildman–Crippen LogP) is 1.86. The van der Waals surface area contributed by atoms with Gasteiger partial charge in [-0.3, -0.25) is 9.78 Å². The van der Waals surface area contributed by atoms with E-state index in [1.54, 1.807) is 12.1 Å². The van der Waals surface area contributed by atoms with Gasteiger partial charge in [0.15, 0.2) is 0 Å². The Balaban J connectivity index is 2.00. The number of nitrogens with one attached hydrogen (secondary N) is 1. The summed E-state index contributed by atoms with van der Waals surface area (Å²) in [4.78, 5) is 15.4. The van der Waals surface area contributed by atoms with Gasteiger partial charge in [0.1, 0.15) is 11.6 Å². The molecule has 2 N–H and O–H groups in total. The van der Waals surface area contributed by atoms with E-state index in [-0.39, 0.29) is 29.6 Å². The van der Waals surface area contributed by atoms with Crippen LogP contribution in [0.1, 0.15) is 15.9 Å². The Morgan fingerprint density at radius 1 is 1.33 bits per heavy atom. The molecular weight excluding hydrogens is 235 g/mol. The zero-order valence-electron chi connectivity index (χ0n) is 9.43. The number of carbonyl (C=O) groups is 1. The molecule has 1 aromatic heterocycles. The van der Waals surface area contributed by atoms with Crippen LogP contribution in [0.4, 0.5) is 4.39 Å². The summed E-state index contributed by atoms with van der Waals surface area (Å²) in [5.41, 5.74) is 0.919. The smallest absolute Gasteiger partial charge is 0.253 e. The lowest BCUT2D eigenvalue weighted by molar-refractivity contribution is 0.0950. The molecule has 4 nitrogen and oxygen atoms in total. The number of rotatable bonds is 3. The van der Waals surface area contributed by atoms with E-state index in [4.69, 9.17) is 0 Å². The topological polar surface area (TPSA) is 62.2 Å². The average Bonchev–Trinajstić information content (AvgIpc) is 2.36. The molecule has 1 heterocycles. The number of nitrogens with zero attached hydrogens (tertiary/aromatic N) is 1. The van der Waals surface area contributed by atoms with Gasteiger partial charge in [0.25, 0.3) is 5.91 Å². The highest BCUT2D eigenvalue weighted by Gasteiger charge is 2.06. The summed E-state index contributed by atoms with van der Waals surface area (Å²) >= 11 is 0. The quantitative estimate of drug-likeness (QED) is 0.868. The van der Waals surface area contributed by atoms with Crippen LogP contribution in [0.15, 0.2) is 42.7 Å². The molecule has 92 valence electrons. The molecule has 1 amide bonds. The Morgan fingerprint density at radius 2 is 2.17 bits per heavy atom. The van der Waals surface area contributed by atoms with Crippen molar-refractivity contribution in [2.24, 2.45) is 0 Å². The average molecular weight is 246 g/mol. The fourth-order valence-corrected chi connectivity index (χ4v) is 1.48. The van der Waals surface area contributed by atoms with Crippen LogP contribution in [-0.4, -0.2) is 16.0 Å². The summed E-state index contributed by atoms with van der Waals surface area (Å²) in [7, 11) is 0. The van der Waals surface area contributed by atoms with E-state index in [9.17, 15) is 14.3 Å². The van der Waals surface area contributed by atoms with Crippen LogP contribution in [0, 0.1) is 5.82 Å². The van der Waals surface area contributed by atoms with Gasteiger partial charge in [0, 0.05) is 12.7 Å². The lowest BCUT2D eigenvalue weighted by atomic mass is 10.2. The summed E-state index contributed by atoms with van der Waals surface area (Å²) in [6, 6.07) is 7.29. The zero-order chi connectivity index (χ0) is 13.0. The van der Waals surface area contributed by atoms with Crippen molar-refractivity contribution in [2.75, 3.05) is 0 Å². The predicted molar refractivity (Wildman–Crippen MR) is 63.5 cm³/mol. The molecule has 0 aliphatic heterocycles. The van der Waals surface area contributed by atoms with Crippen LogP contribution in [-0.2, 0) is 6.54 Å². The number of carbonyl (C=O) groups excluding carboxylic acids is 1. The molecule has 18 heavy (non-hydrogen) atoms. The molecule has 0 atom stereocenters. The lowest BCUT2D eigenvalue weighted by Crippen LogP contribution is -2.22. The monoisotopic (exact) mass is 246 g/mol. The third-order valence-electron chi connectivity index (χ3n) is 2.33. The molecule has 2 rings (SSSR count). The first-order chi connectivity index (χ1) is 8.65. The summed E-state index contributed by atoms with van der Waals surface area (Å²) in [5, 5.41) is 11.8. The van der Waals surface area contributed by atoms with Crippen LogP contribution in [0.5, 0.6) is 5.75 Å². The molecule has 2 aromatic rings. The summed E-state index contributed by atoms with van der Waals surface area (Å²) < 4.78 is 12.9. The standard InChI is InChI=1S/C13H11FN2O2/c14-11-3-1-2-9(4-11)6-16-13(18)10-5-12(17)8-15-7-10/h1-5,7-8,17H,6H2,(H,16,18). The summed E-state index contributed by atoms with van der Waals surface area (Å²) in [6.45, 7) is 0.215. The third kappa shape index (κ3) is 3.04. The fraction of sp³-hybridized carbons (Fsp3) is 0.0769. The van der Waals surface area contributed by atoms with Crippen molar-refractivity contribution < 1.29 is 14.3 Å². The first-order valence-corrected chi connectivity index (χ1v) is 5.32. The van der Waals surface area contributed by atoms with Crippen molar-refractivity contribution >= 4 is 5.91 Å². The lowest BCUT2D eigenvalue weighted by Gasteiger charge is -2.05. The number of hydrogen-bond donors (Lipinski definition) is 2. The molecule has 0 spiro atoms. The van der Waals surface area contributed by atoms with Crippen LogP contribution >= 0.6 is 0 Å². The molecule has 0 radical (unpaired) electrons. The maximum absolute atomic E-state index is 12.9. The Bertz CT molecular complexity index is 572. The number of benzene rings is 1. The summed E-state index contributed by atoms with van der Waals surface area (Å²) in [5.74, 6) is -0.795. The van der Waals surface area contributed by atoms with Gasteiger partial charge in [-0.2, -0.15) is 0 Å². The van der Waals surface area contributed by atoms with Gasteiger partial charge < -0.3 is 10.4 Å². The van der Waals surface area contributed by atoms with Gasteiger partial charge in [-0.15, -0.1) is 0 Å². The van der Waals surface area contributed by atoms with Gasteiger partial charge >= 0.3 is 0 Å². The molecule has 5 heteroatoms. The fourth-order valence-electron chi connectivity index (χ4n) is 1.48. The first kappa shape index (κ1) is 12.0. The van der Waals surface area contributed by atoms with E-state index >= 15 is 0 Å². The second-order valence-electron chi connectivity index (χ2n) is 3.74. The Kier molecular flexibility index (Phi) is 3.52. The second-order valence-corrected chi connectivity index (χ2v) is 3.74. The largest absolute Gasteiger partial charge is 0.506 e. The van der Waals surface area contributed by atoms with E-state index in [0.717, 1.165) is 0 Å². The van der Waals surface area contributed by atoms with Gasteiger partial charge in [0.05, 0.1) is 11.8 Å². The van der Waals surface area contributed by atoms with E-state index in [1.165, 1.54) is 30.6 Å². The van der Waals surface area contributed by atoms with Crippen LogP contribution in [0.3, 0.4) is 0 Å². The number of hydrogen-bond acceptors (Lipinski definition) is 3. The highest BCUT2D eigenvalue weighted by molar-refractivity contribution is 5.94. The number of aromatic nitrogens is 1. The van der Waals surface area contributed by atoms with Gasteiger partial charge in [-0.25, -0.2) is 4.39 Å². The van der Waals surface area contributed by atoms with Crippen LogP contribution < -0.4 is 5.32 Å². The highest BCUT2D eigenvalue weighted by Crippen LogP contribution is 2.09. The van der Waals surface area contributed by atoms with Crippen LogP contribution in [0.25, 0.3) is 0 Å². The van der Waals surface area contributed by atoms with Gasteiger partial charge in [0.2, 0.25) is 0 Å². The third-order valence-corrected chi connectivity index (χ3v) is 2.33. The summed E-state index contributed by atoms with van der Waals surface area (Å²) in [6.07, 6.45) is 2.59. The highest BCUT2D eigenvalue weighted by atomic mass is 19.1. The van der Waals surface area contributed by atoms with E-state index in [0.29, 0.717) is 5.56 Å². The molecule has 0 saturated heterocycles. The molecule has 0 fully saturated rings. The van der Waals surface area contributed by atoms with Crippen molar-refractivity contribution in [3.05, 3.63) is 59.7 Å². The minimum absolute atomic E-state index is 0.0756. The van der Waals surface area contributed by atoms with Gasteiger partial charge in [-0.05, 0) is 23.8 Å². The maximum Gasteiger partial charge on any atom is 0.253 e. The number of amides is 1. The number of pyridine rings is 1. The van der Waals surface area contributed by atoms with Crippen molar-refractivity contribution in [1.82, 2.24) is 10.3 Å². The second kappa shape index (κ2) is 5.27. The molecule has 0 unspecified atom stereocenters. The SMILES string of the molecule is O=C(NCc1cccc(F)c1)c1cncc(O)c1. The Hall–Kier alpha value is -2.43. The van der Waals surface area contributed by atoms with Gasteiger partial charge in [-0.1, -0.05) is 12.1 Å². The molecule has 0 aliphatic carbocycles.